The van der Waals surface area contributed by atoms with Crippen LogP contribution in [0.3, 0.4) is 0 Å². The molecule has 3 nitrogen and oxygen atoms in total. The predicted molar refractivity (Wildman–Crippen MR) is 92.2 cm³/mol. The van der Waals surface area contributed by atoms with Gasteiger partial charge < -0.3 is 13.9 Å². The van der Waals surface area contributed by atoms with Crippen molar-refractivity contribution in [2.75, 3.05) is 13.2 Å². The number of rotatable bonds is 5. The van der Waals surface area contributed by atoms with E-state index in [9.17, 15) is 0 Å². The highest BCUT2D eigenvalue weighted by Crippen LogP contribution is 2.35. The van der Waals surface area contributed by atoms with Crippen LogP contribution in [0.2, 0.25) is 18.1 Å². The van der Waals surface area contributed by atoms with Crippen LogP contribution >= 0.6 is 22.9 Å². The molecule has 3 rings (SSSR count). The summed E-state index contributed by atoms with van der Waals surface area (Å²) >= 11 is 7.79. The summed E-state index contributed by atoms with van der Waals surface area (Å²) < 4.78 is 17.4. The molecular weight excluding hydrogens is 336 g/mol. The van der Waals surface area contributed by atoms with E-state index in [-0.39, 0.29) is 12.4 Å². The molecule has 0 amide bonds. The Kier molecular flexibility index (Phi) is 5.33. The number of thiophene rings is 1. The second kappa shape index (κ2) is 7.25. The van der Waals surface area contributed by atoms with Crippen molar-refractivity contribution in [3.8, 4) is 0 Å². The number of ether oxygens (including phenoxy) is 2. The zero-order valence-corrected chi connectivity index (χ0v) is 15.3. The SMILES string of the molecule is C[SiH](C)OC(c1cccc(Cl)c1)c1csc(C2OCCO2)c1. The van der Waals surface area contributed by atoms with Crippen molar-refractivity contribution in [1.82, 2.24) is 0 Å². The van der Waals surface area contributed by atoms with Crippen molar-refractivity contribution in [3.05, 3.63) is 56.7 Å². The van der Waals surface area contributed by atoms with Crippen LogP contribution in [0.25, 0.3) is 0 Å². The Labute approximate surface area is 141 Å². The fraction of sp³-hybridized carbons (Fsp3) is 0.375. The maximum Gasteiger partial charge on any atom is 0.193 e. The smallest absolute Gasteiger partial charge is 0.193 e. The fourth-order valence-electron chi connectivity index (χ4n) is 2.44. The molecule has 1 aliphatic rings. The second-order valence-corrected chi connectivity index (χ2v) is 9.22. The lowest BCUT2D eigenvalue weighted by atomic mass is 10.0. The molecule has 0 aliphatic carbocycles. The molecule has 118 valence electrons. The first-order chi connectivity index (χ1) is 10.6. The summed E-state index contributed by atoms with van der Waals surface area (Å²) in [6.45, 7) is 5.66. The largest absolute Gasteiger partial charge is 0.410 e. The second-order valence-electron chi connectivity index (χ2n) is 5.48. The molecule has 1 unspecified atom stereocenters. The highest BCUT2D eigenvalue weighted by molar-refractivity contribution is 7.10. The summed E-state index contributed by atoms with van der Waals surface area (Å²) in [6.07, 6.45) is -0.299. The summed E-state index contributed by atoms with van der Waals surface area (Å²) in [5.41, 5.74) is 2.23. The highest BCUT2D eigenvalue weighted by Gasteiger charge is 2.24. The molecule has 1 atom stereocenters. The first-order valence-corrected chi connectivity index (χ1v) is 11.4. The van der Waals surface area contributed by atoms with Crippen molar-refractivity contribution >= 4 is 32.0 Å². The Morgan fingerprint density at radius 2 is 2.00 bits per heavy atom. The van der Waals surface area contributed by atoms with Crippen molar-refractivity contribution in [3.63, 3.8) is 0 Å². The molecule has 0 N–H and O–H groups in total. The average Bonchev–Trinajstić information content (AvgIpc) is 3.15. The summed E-state index contributed by atoms with van der Waals surface area (Å²) in [6, 6.07) is 10.0. The number of benzene rings is 1. The zero-order valence-electron chi connectivity index (χ0n) is 12.6. The fourth-order valence-corrected chi connectivity index (χ4v) is 4.42. The first kappa shape index (κ1) is 16.2. The molecule has 2 heterocycles. The van der Waals surface area contributed by atoms with Gasteiger partial charge in [0.05, 0.1) is 24.2 Å². The quantitative estimate of drug-likeness (QED) is 0.738. The van der Waals surface area contributed by atoms with Gasteiger partial charge >= 0.3 is 0 Å². The van der Waals surface area contributed by atoms with E-state index in [0.29, 0.717) is 13.2 Å². The molecule has 0 radical (unpaired) electrons. The Morgan fingerprint density at radius 3 is 2.68 bits per heavy atom. The van der Waals surface area contributed by atoms with Gasteiger partial charge in [0.25, 0.3) is 0 Å². The van der Waals surface area contributed by atoms with Crippen molar-refractivity contribution in [2.24, 2.45) is 0 Å². The Balaban J connectivity index is 1.88. The number of hydrogen-bond donors (Lipinski definition) is 0. The van der Waals surface area contributed by atoms with Crippen LogP contribution in [0.5, 0.6) is 0 Å². The van der Waals surface area contributed by atoms with Crippen LogP contribution in [0.15, 0.2) is 35.7 Å². The van der Waals surface area contributed by atoms with E-state index >= 15 is 0 Å². The van der Waals surface area contributed by atoms with Crippen LogP contribution in [0.4, 0.5) is 0 Å². The average molecular weight is 355 g/mol. The summed E-state index contributed by atoms with van der Waals surface area (Å²) in [5, 5.41) is 2.86. The van der Waals surface area contributed by atoms with Crippen molar-refractivity contribution in [2.45, 2.75) is 25.5 Å². The van der Waals surface area contributed by atoms with E-state index in [2.05, 4.69) is 30.6 Å². The Morgan fingerprint density at radius 1 is 1.23 bits per heavy atom. The molecule has 6 heteroatoms. The van der Waals surface area contributed by atoms with Gasteiger partial charge in [-0.1, -0.05) is 23.7 Å². The van der Waals surface area contributed by atoms with Gasteiger partial charge in [-0.25, -0.2) is 0 Å². The van der Waals surface area contributed by atoms with Crippen molar-refractivity contribution in [1.29, 1.82) is 0 Å². The first-order valence-electron chi connectivity index (χ1n) is 7.36. The monoisotopic (exact) mass is 354 g/mol. The van der Waals surface area contributed by atoms with Gasteiger partial charge in [-0.15, -0.1) is 11.3 Å². The molecule has 0 spiro atoms. The van der Waals surface area contributed by atoms with Gasteiger partial charge in [0, 0.05) is 5.02 Å². The molecule has 0 saturated carbocycles. The third-order valence-corrected chi connectivity index (χ3v) is 5.38. The Bertz CT molecular complexity index is 625. The van der Waals surface area contributed by atoms with Crippen LogP contribution < -0.4 is 0 Å². The van der Waals surface area contributed by atoms with Gasteiger partial charge in [0.1, 0.15) is 0 Å². The van der Waals surface area contributed by atoms with Gasteiger partial charge in [0.2, 0.25) is 0 Å². The minimum absolute atomic E-state index is 0.0724. The topological polar surface area (TPSA) is 27.7 Å². The van der Waals surface area contributed by atoms with Crippen LogP contribution in [-0.4, -0.2) is 22.3 Å². The molecule has 22 heavy (non-hydrogen) atoms. The van der Waals surface area contributed by atoms with Gasteiger partial charge in [-0.05, 0) is 47.8 Å². The van der Waals surface area contributed by atoms with Crippen molar-refractivity contribution < 1.29 is 13.9 Å². The van der Waals surface area contributed by atoms with E-state index in [1.54, 1.807) is 11.3 Å². The predicted octanol–water partition coefficient (Wildman–Crippen LogP) is 4.54. The molecule has 1 saturated heterocycles. The molecule has 1 fully saturated rings. The zero-order chi connectivity index (χ0) is 15.5. The maximum atomic E-state index is 6.26. The third-order valence-electron chi connectivity index (χ3n) is 3.36. The van der Waals surface area contributed by atoms with E-state index in [0.717, 1.165) is 21.0 Å². The minimum Gasteiger partial charge on any atom is -0.410 e. The molecular formula is C16H19ClO3SSi. The van der Waals surface area contributed by atoms with Crippen LogP contribution in [-0.2, 0) is 13.9 Å². The summed E-state index contributed by atoms with van der Waals surface area (Å²) in [5.74, 6) is 0. The number of halogens is 1. The number of hydrogen-bond acceptors (Lipinski definition) is 4. The normalized spacial score (nSPS) is 17.3. The van der Waals surface area contributed by atoms with E-state index < -0.39 is 9.04 Å². The van der Waals surface area contributed by atoms with E-state index in [1.807, 2.05) is 18.2 Å². The lowest BCUT2D eigenvalue weighted by molar-refractivity contribution is -0.0413. The standard InChI is InChI=1S/C16H19ClO3SSi/c1-22(2)20-15(11-4-3-5-13(17)8-11)12-9-14(21-10-12)16-18-6-7-19-16/h3-5,8-10,15-16,22H,6-7H2,1-2H3. The molecule has 1 aromatic carbocycles. The maximum absolute atomic E-state index is 6.26. The van der Waals surface area contributed by atoms with Gasteiger partial charge in [-0.2, -0.15) is 0 Å². The summed E-state index contributed by atoms with van der Waals surface area (Å²) in [4.78, 5) is 1.09. The molecule has 1 aromatic heterocycles. The van der Waals surface area contributed by atoms with Crippen LogP contribution in [0.1, 0.15) is 28.4 Å². The van der Waals surface area contributed by atoms with Crippen LogP contribution in [0, 0.1) is 0 Å². The Hall–Kier alpha value is -0.693. The van der Waals surface area contributed by atoms with E-state index in [1.165, 1.54) is 0 Å². The lowest BCUT2D eigenvalue weighted by Crippen LogP contribution is -2.14. The molecule has 1 aliphatic heterocycles. The van der Waals surface area contributed by atoms with Gasteiger partial charge in [0.15, 0.2) is 15.3 Å². The third kappa shape index (κ3) is 3.79. The highest BCUT2D eigenvalue weighted by atomic mass is 35.5. The molecule has 2 aromatic rings. The lowest BCUT2D eigenvalue weighted by Gasteiger charge is -2.20. The molecule has 0 bridgehead atoms. The van der Waals surface area contributed by atoms with E-state index in [4.69, 9.17) is 25.5 Å². The minimum atomic E-state index is -1.20. The summed E-state index contributed by atoms with van der Waals surface area (Å²) in [7, 11) is -1.20. The van der Waals surface area contributed by atoms with Gasteiger partial charge in [-0.3, -0.25) is 0 Å².